The molecule has 0 spiro atoms. The van der Waals surface area contributed by atoms with Crippen LogP contribution in [0.3, 0.4) is 0 Å². The van der Waals surface area contributed by atoms with Crippen LogP contribution in [0.5, 0.6) is 5.75 Å². The Kier molecular flexibility index (Phi) is 4.77. The Bertz CT molecular complexity index is 534. The number of urea groups is 1. The summed E-state index contributed by atoms with van der Waals surface area (Å²) in [5.74, 6) is 0.777. The van der Waals surface area contributed by atoms with Crippen molar-refractivity contribution < 1.29 is 19.8 Å². The van der Waals surface area contributed by atoms with E-state index < -0.39 is 12.0 Å². The van der Waals surface area contributed by atoms with E-state index >= 15 is 0 Å². The molecule has 100 valence electrons. The number of nitrogens with one attached hydrogen (secondary N) is 2. The summed E-state index contributed by atoms with van der Waals surface area (Å²) in [5, 5.41) is 23.2. The summed E-state index contributed by atoms with van der Waals surface area (Å²) in [7, 11) is 0. The molecule has 0 aromatic heterocycles. The minimum atomic E-state index is -1.28. The zero-order valence-corrected chi connectivity index (χ0v) is 10.3. The highest BCUT2D eigenvalue weighted by Crippen LogP contribution is 2.21. The van der Waals surface area contributed by atoms with E-state index in [1.54, 1.807) is 6.92 Å². The Labute approximate surface area is 110 Å². The molecule has 1 rings (SSSR count). The van der Waals surface area contributed by atoms with Gasteiger partial charge in [0.05, 0.1) is 0 Å². The van der Waals surface area contributed by atoms with Gasteiger partial charge in [-0.15, -0.1) is 12.3 Å². The second-order valence-electron chi connectivity index (χ2n) is 3.94. The van der Waals surface area contributed by atoms with E-state index in [9.17, 15) is 14.7 Å². The lowest BCUT2D eigenvalue weighted by Crippen LogP contribution is -2.35. The highest BCUT2D eigenvalue weighted by atomic mass is 16.4. The Balaban J connectivity index is 2.73. The number of carboxylic acids is 1. The van der Waals surface area contributed by atoms with E-state index in [0.717, 1.165) is 0 Å². The van der Waals surface area contributed by atoms with Crippen molar-refractivity contribution in [2.75, 3.05) is 5.32 Å². The van der Waals surface area contributed by atoms with E-state index in [1.807, 2.05) is 0 Å². The molecule has 0 heterocycles. The summed E-state index contributed by atoms with van der Waals surface area (Å²) in [5.41, 5.74) is -0.0184. The fourth-order valence-corrected chi connectivity index (χ4v) is 1.40. The van der Waals surface area contributed by atoms with Gasteiger partial charge in [-0.3, -0.25) is 0 Å². The number of benzene rings is 1. The fraction of sp³-hybridized carbons (Fsp3) is 0.231. The Morgan fingerprint density at radius 3 is 2.74 bits per heavy atom. The first-order chi connectivity index (χ1) is 8.93. The number of amides is 2. The van der Waals surface area contributed by atoms with Crippen molar-refractivity contribution >= 4 is 17.7 Å². The van der Waals surface area contributed by atoms with Crippen LogP contribution in [-0.2, 0) is 0 Å². The highest BCUT2D eigenvalue weighted by Gasteiger charge is 2.12. The largest absolute Gasteiger partial charge is 0.507 e. The summed E-state index contributed by atoms with van der Waals surface area (Å²) in [4.78, 5) is 22.4. The van der Waals surface area contributed by atoms with E-state index in [1.165, 1.54) is 18.2 Å². The maximum Gasteiger partial charge on any atom is 0.339 e. The van der Waals surface area contributed by atoms with Crippen LogP contribution < -0.4 is 10.6 Å². The highest BCUT2D eigenvalue weighted by molar-refractivity contribution is 5.95. The molecule has 1 aromatic carbocycles. The SMILES string of the molecule is C#CCC(C)NC(=O)Nc1ccc(O)c(C(=O)O)c1. The normalized spacial score (nSPS) is 11.2. The Morgan fingerprint density at radius 1 is 1.47 bits per heavy atom. The van der Waals surface area contributed by atoms with Crippen LogP contribution >= 0.6 is 0 Å². The van der Waals surface area contributed by atoms with Crippen molar-refractivity contribution in [2.24, 2.45) is 0 Å². The minimum Gasteiger partial charge on any atom is -0.507 e. The maximum atomic E-state index is 11.6. The molecular formula is C13H14N2O4. The molecular weight excluding hydrogens is 248 g/mol. The number of rotatable bonds is 4. The molecule has 0 radical (unpaired) electrons. The lowest BCUT2D eigenvalue weighted by atomic mass is 10.2. The molecule has 6 nitrogen and oxygen atoms in total. The Morgan fingerprint density at radius 2 is 2.16 bits per heavy atom. The standard InChI is InChI=1S/C13H14N2O4/c1-3-4-8(2)14-13(19)15-9-5-6-11(16)10(7-9)12(17)18/h1,5-8,16H,4H2,2H3,(H,17,18)(H2,14,15,19). The van der Waals surface area contributed by atoms with Gasteiger partial charge in [0.2, 0.25) is 0 Å². The molecule has 0 saturated carbocycles. The minimum absolute atomic E-state index is 0.193. The van der Waals surface area contributed by atoms with E-state index in [2.05, 4.69) is 16.6 Å². The van der Waals surface area contributed by atoms with Gasteiger partial charge in [-0.05, 0) is 25.1 Å². The second kappa shape index (κ2) is 6.31. The van der Waals surface area contributed by atoms with E-state index in [0.29, 0.717) is 6.42 Å². The molecule has 0 aliphatic heterocycles. The molecule has 0 fully saturated rings. The van der Waals surface area contributed by atoms with E-state index in [4.69, 9.17) is 11.5 Å². The van der Waals surface area contributed by atoms with Crippen LogP contribution in [0.1, 0.15) is 23.7 Å². The van der Waals surface area contributed by atoms with Crippen LogP contribution in [0.15, 0.2) is 18.2 Å². The molecule has 1 unspecified atom stereocenters. The molecule has 0 aliphatic rings. The predicted molar refractivity (Wildman–Crippen MR) is 70.1 cm³/mol. The lowest BCUT2D eigenvalue weighted by molar-refractivity contribution is 0.0693. The van der Waals surface area contributed by atoms with Gasteiger partial charge in [-0.25, -0.2) is 9.59 Å². The molecule has 1 atom stereocenters. The number of carbonyl (C=O) groups is 2. The average molecular weight is 262 g/mol. The number of carbonyl (C=O) groups excluding carboxylic acids is 1. The second-order valence-corrected chi connectivity index (χ2v) is 3.94. The van der Waals surface area contributed by atoms with Crippen molar-refractivity contribution in [3.8, 4) is 18.1 Å². The number of aromatic carboxylic acids is 1. The summed E-state index contributed by atoms with van der Waals surface area (Å²) >= 11 is 0. The number of carboxylic acid groups (broad SMARTS) is 1. The van der Waals surface area contributed by atoms with Crippen LogP contribution in [0.25, 0.3) is 0 Å². The van der Waals surface area contributed by atoms with Gasteiger partial charge in [0.1, 0.15) is 11.3 Å². The van der Waals surface area contributed by atoms with Crippen molar-refractivity contribution in [1.82, 2.24) is 5.32 Å². The van der Waals surface area contributed by atoms with Crippen LogP contribution in [0, 0.1) is 12.3 Å². The van der Waals surface area contributed by atoms with Crippen LogP contribution in [-0.4, -0.2) is 28.3 Å². The molecule has 0 aliphatic carbocycles. The Hall–Kier alpha value is -2.68. The smallest absolute Gasteiger partial charge is 0.339 e. The third-order valence-electron chi connectivity index (χ3n) is 2.29. The topological polar surface area (TPSA) is 98.7 Å². The molecule has 2 amide bonds. The van der Waals surface area contributed by atoms with Crippen molar-refractivity contribution in [1.29, 1.82) is 0 Å². The van der Waals surface area contributed by atoms with Gasteiger partial charge in [-0.1, -0.05) is 0 Å². The summed E-state index contributed by atoms with van der Waals surface area (Å²) in [6.07, 6.45) is 5.51. The number of terminal acetylenes is 1. The van der Waals surface area contributed by atoms with Crippen molar-refractivity contribution in [2.45, 2.75) is 19.4 Å². The summed E-state index contributed by atoms with van der Waals surface area (Å²) in [6, 6.07) is 3.08. The first kappa shape index (κ1) is 14.4. The number of anilines is 1. The van der Waals surface area contributed by atoms with Gasteiger partial charge in [0, 0.05) is 18.2 Å². The molecule has 19 heavy (non-hydrogen) atoms. The molecule has 1 aromatic rings. The van der Waals surface area contributed by atoms with Gasteiger partial charge in [0.15, 0.2) is 0 Å². The number of hydrogen-bond acceptors (Lipinski definition) is 3. The molecule has 0 bridgehead atoms. The first-order valence-electron chi connectivity index (χ1n) is 5.51. The number of hydrogen-bond donors (Lipinski definition) is 4. The van der Waals surface area contributed by atoms with Crippen molar-refractivity contribution in [3.05, 3.63) is 23.8 Å². The monoisotopic (exact) mass is 262 g/mol. The van der Waals surface area contributed by atoms with E-state index in [-0.39, 0.29) is 23.0 Å². The zero-order chi connectivity index (χ0) is 14.4. The fourth-order valence-electron chi connectivity index (χ4n) is 1.40. The number of aromatic hydroxyl groups is 1. The van der Waals surface area contributed by atoms with Gasteiger partial charge >= 0.3 is 12.0 Å². The third-order valence-corrected chi connectivity index (χ3v) is 2.29. The number of phenols is 1. The van der Waals surface area contributed by atoms with Crippen LogP contribution in [0.4, 0.5) is 10.5 Å². The van der Waals surface area contributed by atoms with Gasteiger partial charge < -0.3 is 20.8 Å². The van der Waals surface area contributed by atoms with Crippen molar-refractivity contribution in [3.63, 3.8) is 0 Å². The molecule has 6 heteroatoms. The maximum absolute atomic E-state index is 11.6. The molecule has 0 saturated heterocycles. The average Bonchev–Trinajstić information content (AvgIpc) is 2.31. The first-order valence-corrected chi connectivity index (χ1v) is 5.51. The third kappa shape index (κ3) is 4.24. The van der Waals surface area contributed by atoms with Crippen LogP contribution in [0.2, 0.25) is 0 Å². The molecule has 4 N–H and O–H groups in total. The lowest BCUT2D eigenvalue weighted by Gasteiger charge is -2.12. The van der Waals surface area contributed by atoms with Gasteiger partial charge in [-0.2, -0.15) is 0 Å². The predicted octanol–water partition coefficient (Wildman–Crippen LogP) is 1.62. The quantitative estimate of drug-likeness (QED) is 0.489. The van der Waals surface area contributed by atoms with Gasteiger partial charge in [0.25, 0.3) is 0 Å². The zero-order valence-electron chi connectivity index (χ0n) is 10.3. The summed E-state index contributed by atoms with van der Waals surface area (Å²) < 4.78 is 0. The summed E-state index contributed by atoms with van der Waals surface area (Å²) in [6.45, 7) is 1.75.